The maximum absolute atomic E-state index is 12.5. The summed E-state index contributed by atoms with van der Waals surface area (Å²) >= 11 is 1.35. The van der Waals surface area contributed by atoms with Crippen molar-refractivity contribution in [1.82, 2.24) is 4.98 Å². The zero-order valence-electron chi connectivity index (χ0n) is 16.0. The minimum Gasteiger partial charge on any atom is -0.457 e. The average molecular weight is 439 g/mol. The van der Waals surface area contributed by atoms with E-state index in [1.165, 1.54) is 17.6 Å². The second-order valence-electron chi connectivity index (χ2n) is 6.78. The summed E-state index contributed by atoms with van der Waals surface area (Å²) in [7, 11) is -3.12. The minimum atomic E-state index is -3.12. The zero-order valence-corrected chi connectivity index (χ0v) is 17.7. The van der Waals surface area contributed by atoms with E-state index in [2.05, 4.69) is 10.3 Å². The highest BCUT2D eigenvalue weighted by Gasteiger charge is 2.12. The van der Waals surface area contributed by atoms with Gasteiger partial charge in [0, 0.05) is 17.9 Å². The molecule has 152 valence electrons. The molecule has 1 N–H and O–H groups in total. The maximum atomic E-state index is 12.5. The highest BCUT2D eigenvalue weighted by Crippen LogP contribution is 2.31. The van der Waals surface area contributed by atoms with Crippen LogP contribution in [-0.2, 0) is 15.6 Å². The van der Waals surface area contributed by atoms with Gasteiger partial charge in [-0.2, -0.15) is 0 Å². The largest absolute Gasteiger partial charge is 0.457 e. The fourth-order valence-electron chi connectivity index (χ4n) is 2.87. The van der Waals surface area contributed by atoms with Crippen molar-refractivity contribution in [3.63, 3.8) is 0 Å². The normalized spacial score (nSPS) is 11.4. The molecule has 0 aliphatic carbocycles. The molecule has 6 nitrogen and oxygen atoms in total. The van der Waals surface area contributed by atoms with Gasteiger partial charge in [-0.05, 0) is 42.0 Å². The van der Waals surface area contributed by atoms with Crippen LogP contribution in [-0.4, -0.2) is 25.6 Å². The molecule has 1 aromatic heterocycles. The number of nitrogens with zero attached hydrogens (tertiary/aromatic N) is 1. The summed E-state index contributed by atoms with van der Waals surface area (Å²) in [5.74, 6) is 1.08. The number of benzene rings is 3. The first-order chi connectivity index (χ1) is 14.4. The fraction of sp³-hybridized carbons (Fsp3) is 0.0909. The van der Waals surface area contributed by atoms with Crippen molar-refractivity contribution in [3.8, 4) is 11.5 Å². The van der Waals surface area contributed by atoms with Crippen LogP contribution in [0.1, 0.15) is 15.9 Å². The number of rotatable bonds is 6. The molecule has 3 aromatic carbocycles. The Morgan fingerprint density at radius 2 is 1.73 bits per heavy atom. The van der Waals surface area contributed by atoms with Crippen LogP contribution in [0.5, 0.6) is 11.5 Å². The SMILES string of the molecule is CS(=O)(=O)Cc1ccc(C(=O)Nc2nc3ccc(Oc4ccccc4)cc3s2)cc1. The van der Waals surface area contributed by atoms with Crippen molar-refractivity contribution in [1.29, 1.82) is 0 Å². The number of nitrogens with one attached hydrogen (secondary N) is 1. The smallest absolute Gasteiger partial charge is 0.257 e. The van der Waals surface area contributed by atoms with Crippen LogP contribution in [0.25, 0.3) is 10.2 Å². The van der Waals surface area contributed by atoms with Crippen molar-refractivity contribution in [3.05, 3.63) is 83.9 Å². The number of thiazole rings is 1. The lowest BCUT2D eigenvalue weighted by Crippen LogP contribution is -2.11. The number of sulfone groups is 1. The summed E-state index contributed by atoms with van der Waals surface area (Å²) in [6.45, 7) is 0. The lowest BCUT2D eigenvalue weighted by Gasteiger charge is -2.04. The maximum Gasteiger partial charge on any atom is 0.257 e. The van der Waals surface area contributed by atoms with Crippen molar-refractivity contribution >= 4 is 42.4 Å². The average Bonchev–Trinajstić information content (AvgIpc) is 3.09. The number of hydrogen-bond donors (Lipinski definition) is 1. The first-order valence-electron chi connectivity index (χ1n) is 9.07. The summed E-state index contributed by atoms with van der Waals surface area (Å²) in [6, 6.07) is 21.5. The van der Waals surface area contributed by atoms with Gasteiger partial charge in [-0.3, -0.25) is 10.1 Å². The van der Waals surface area contributed by atoms with Gasteiger partial charge in [0.05, 0.1) is 16.0 Å². The molecular formula is C22H18N2O4S2. The predicted octanol–water partition coefficient (Wildman–Crippen LogP) is 4.89. The first-order valence-corrected chi connectivity index (χ1v) is 11.9. The molecule has 30 heavy (non-hydrogen) atoms. The molecule has 0 bridgehead atoms. The molecule has 0 radical (unpaired) electrons. The van der Waals surface area contributed by atoms with Crippen LogP contribution in [0.2, 0.25) is 0 Å². The molecule has 4 aromatic rings. The second-order valence-corrected chi connectivity index (χ2v) is 9.96. The first kappa shape index (κ1) is 20.1. The van der Waals surface area contributed by atoms with Crippen molar-refractivity contribution in [2.24, 2.45) is 0 Å². The van der Waals surface area contributed by atoms with Crippen LogP contribution in [0.15, 0.2) is 72.8 Å². The number of anilines is 1. The summed E-state index contributed by atoms with van der Waals surface area (Å²) < 4.78 is 29.5. The summed E-state index contributed by atoms with van der Waals surface area (Å²) in [5, 5.41) is 3.27. The number of ether oxygens (including phenoxy) is 1. The highest BCUT2D eigenvalue weighted by molar-refractivity contribution is 7.89. The number of carbonyl (C=O) groups is 1. The molecule has 0 saturated carbocycles. The number of aromatic nitrogens is 1. The third kappa shape index (κ3) is 5.03. The Bertz CT molecular complexity index is 1300. The van der Waals surface area contributed by atoms with Gasteiger partial charge in [-0.25, -0.2) is 13.4 Å². The molecular weight excluding hydrogens is 420 g/mol. The molecule has 0 spiro atoms. The van der Waals surface area contributed by atoms with E-state index in [0.717, 1.165) is 16.0 Å². The molecule has 0 unspecified atom stereocenters. The monoisotopic (exact) mass is 438 g/mol. The Balaban J connectivity index is 1.47. The van der Waals surface area contributed by atoms with Gasteiger partial charge >= 0.3 is 0 Å². The Labute approximate surface area is 178 Å². The van der Waals surface area contributed by atoms with Crippen LogP contribution in [0, 0.1) is 0 Å². The molecule has 0 fully saturated rings. The van der Waals surface area contributed by atoms with Gasteiger partial charge < -0.3 is 4.74 Å². The summed E-state index contributed by atoms with van der Waals surface area (Å²) in [5.41, 5.74) is 1.83. The van der Waals surface area contributed by atoms with Crippen LogP contribution in [0.3, 0.4) is 0 Å². The van der Waals surface area contributed by atoms with E-state index in [0.29, 0.717) is 22.0 Å². The molecule has 1 amide bonds. The van der Waals surface area contributed by atoms with E-state index >= 15 is 0 Å². The summed E-state index contributed by atoms with van der Waals surface area (Å²) in [6.07, 6.45) is 1.18. The second kappa shape index (κ2) is 8.25. The lowest BCUT2D eigenvalue weighted by atomic mass is 10.1. The molecule has 1 heterocycles. The van der Waals surface area contributed by atoms with Crippen LogP contribution >= 0.6 is 11.3 Å². The molecule has 0 saturated heterocycles. The predicted molar refractivity (Wildman–Crippen MR) is 119 cm³/mol. The third-order valence-corrected chi connectivity index (χ3v) is 6.00. The van der Waals surface area contributed by atoms with E-state index in [4.69, 9.17) is 4.74 Å². The van der Waals surface area contributed by atoms with Crippen molar-refractivity contribution in [2.45, 2.75) is 5.75 Å². The Morgan fingerprint density at radius 1 is 1.00 bits per heavy atom. The number of fused-ring (bicyclic) bond motifs is 1. The van der Waals surface area contributed by atoms with Crippen molar-refractivity contribution < 1.29 is 17.9 Å². The Morgan fingerprint density at radius 3 is 2.43 bits per heavy atom. The van der Waals surface area contributed by atoms with E-state index in [9.17, 15) is 13.2 Å². The molecule has 4 rings (SSSR count). The van der Waals surface area contributed by atoms with Crippen LogP contribution < -0.4 is 10.1 Å². The van der Waals surface area contributed by atoms with E-state index in [1.54, 1.807) is 24.3 Å². The standard InChI is InChI=1S/C22H18N2O4S2/c1-30(26,27)14-15-7-9-16(10-8-15)21(25)24-22-23-19-12-11-18(13-20(19)29-22)28-17-5-3-2-4-6-17/h2-13H,14H2,1H3,(H,23,24,25). The lowest BCUT2D eigenvalue weighted by molar-refractivity contribution is 0.102. The molecule has 0 aliphatic heterocycles. The molecule has 0 aliphatic rings. The van der Waals surface area contributed by atoms with Gasteiger partial charge in [-0.1, -0.05) is 41.7 Å². The number of amides is 1. The van der Waals surface area contributed by atoms with Gasteiger partial charge in [0.2, 0.25) is 0 Å². The van der Waals surface area contributed by atoms with Crippen molar-refractivity contribution in [2.75, 3.05) is 11.6 Å². The fourth-order valence-corrected chi connectivity index (χ4v) is 4.56. The topological polar surface area (TPSA) is 85.4 Å². The third-order valence-electron chi connectivity index (χ3n) is 4.20. The van der Waals surface area contributed by atoms with Gasteiger partial charge in [0.15, 0.2) is 15.0 Å². The van der Waals surface area contributed by atoms with E-state index in [1.807, 2.05) is 48.5 Å². The van der Waals surface area contributed by atoms with Gasteiger partial charge in [0.25, 0.3) is 5.91 Å². The molecule has 0 atom stereocenters. The Hall–Kier alpha value is -3.23. The number of para-hydroxylation sites is 1. The quantitative estimate of drug-likeness (QED) is 0.463. The van der Waals surface area contributed by atoms with E-state index < -0.39 is 9.84 Å². The number of hydrogen-bond acceptors (Lipinski definition) is 6. The van der Waals surface area contributed by atoms with Crippen LogP contribution in [0.4, 0.5) is 5.13 Å². The Kier molecular flexibility index (Phi) is 5.52. The van der Waals surface area contributed by atoms with E-state index in [-0.39, 0.29) is 11.7 Å². The minimum absolute atomic E-state index is 0.0554. The molecule has 8 heteroatoms. The van der Waals surface area contributed by atoms with Gasteiger partial charge in [-0.15, -0.1) is 0 Å². The zero-order chi connectivity index (χ0) is 21.1. The number of carbonyl (C=O) groups excluding carboxylic acids is 1. The summed E-state index contributed by atoms with van der Waals surface area (Å²) in [4.78, 5) is 17.0. The van der Waals surface area contributed by atoms with Gasteiger partial charge in [0.1, 0.15) is 11.5 Å². The highest BCUT2D eigenvalue weighted by atomic mass is 32.2.